The normalized spacial score (nSPS) is 12.2. The van der Waals surface area contributed by atoms with Crippen molar-refractivity contribution in [3.05, 3.63) is 54.1 Å². The van der Waals surface area contributed by atoms with Gasteiger partial charge in [-0.2, -0.15) is 0 Å². The number of hydrogen-bond donors (Lipinski definition) is 0. The second-order valence-corrected chi connectivity index (χ2v) is 4.63. The molecule has 0 radical (unpaired) electrons. The molecule has 1 aliphatic rings. The minimum Gasteiger partial charge on any atom is -0.385 e. The number of benzene rings is 1. The van der Waals surface area contributed by atoms with E-state index in [1.54, 1.807) is 7.11 Å². The molecule has 0 saturated carbocycles. The van der Waals surface area contributed by atoms with Gasteiger partial charge in [0.2, 0.25) is 0 Å². The van der Waals surface area contributed by atoms with Gasteiger partial charge in [0.05, 0.1) is 0 Å². The van der Waals surface area contributed by atoms with E-state index in [4.69, 9.17) is 0 Å². The molecule has 0 aliphatic heterocycles. The van der Waals surface area contributed by atoms with E-state index in [9.17, 15) is 0 Å². The van der Waals surface area contributed by atoms with Crippen molar-refractivity contribution in [2.75, 3.05) is 13.7 Å². The summed E-state index contributed by atoms with van der Waals surface area (Å²) in [5.74, 6) is 0. The van der Waals surface area contributed by atoms with Gasteiger partial charge in [-0.25, -0.2) is 0 Å². The second kappa shape index (κ2) is 19.7. The van der Waals surface area contributed by atoms with E-state index in [1.165, 1.54) is 30.4 Å². The zero-order valence-corrected chi connectivity index (χ0v) is 15.6. The van der Waals surface area contributed by atoms with E-state index in [1.807, 2.05) is 20.8 Å². The van der Waals surface area contributed by atoms with Gasteiger partial charge in [-0.15, -0.1) is 0 Å². The van der Waals surface area contributed by atoms with Crippen LogP contribution in [0.5, 0.6) is 0 Å². The largest absolute Gasteiger partial charge is 0.385 e. The van der Waals surface area contributed by atoms with Gasteiger partial charge in [0.1, 0.15) is 0 Å². The summed E-state index contributed by atoms with van der Waals surface area (Å²) in [6.07, 6.45) is 11.5. The number of hydrogen-bond acceptors (Lipinski definition) is 1. The van der Waals surface area contributed by atoms with Crippen LogP contribution >= 0.6 is 0 Å². The fourth-order valence-corrected chi connectivity index (χ4v) is 1.68. The smallest absolute Gasteiger partial charge is 0.0433 e. The van der Waals surface area contributed by atoms with Gasteiger partial charge >= 0.3 is 0 Å². The molecule has 0 aromatic heterocycles. The van der Waals surface area contributed by atoms with Crippen molar-refractivity contribution >= 4 is 5.57 Å². The SMILES string of the molecule is C1=CCCC(c2ccccc2)=CC1.CC.CCC.CCOC. The molecule has 0 N–H and O–H groups in total. The molecular formula is C21H36O. The molecule has 0 bridgehead atoms. The highest BCUT2D eigenvalue weighted by Crippen LogP contribution is 2.22. The summed E-state index contributed by atoms with van der Waals surface area (Å²) < 4.78 is 4.54. The fraction of sp³-hybridized carbons (Fsp3) is 0.524. The number of rotatable bonds is 2. The first-order valence-corrected chi connectivity index (χ1v) is 8.68. The molecule has 0 amide bonds. The Morgan fingerprint density at radius 3 is 2.00 bits per heavy atom. The van der Waals surface area contributed by atoms with Crippen molar-refractivity contribution < 1.29 is 4.74 Å². The molecule has 1 nitrogen and oxygen atoms in total. The molecule has 0 saturated heterocycles. The minimum atomic E-state index is 0.819. The molecule has 0 atom stereocenters. The van der Waals surface area contributed by atoms with Crippen LogP contribution in [-0.4, -0.2) is 13.7 Å². The predicted molar refractivity (Wildman–Crippen MR) is 102 cm³/mol. The van der Waals surface area contributed by atoms with Crippen LogP contribution in [0.3, 0.4) is 0 Å². The maximum absolute atomic E-state index is 4.54. The van der Waals surface area contributed by atoms with Crippen LogP contribution in [0.1, 0.15) is 65.9 Å². The Bertz CT molecular complexity index is 361. The standard InChI is InChI=1S/C13H14.C3H8O.C3H8.C2H6/c1-2-5-9-12(8-4-1)13-10-6-3-7-11-13;1-3-4-2;1-3-2;1-2/h1-3,6-8,10-11H,4-5,9H2;3H2,1-2H3;3H2,1-2H3;1-2H3. The quantitative estimate of drug-likeness (QED) is 0.540. The number of ether oxygens (including phenoxy) is 1. The van der Waals surface area contributed by atoms with E-state index >= 15 is 0 Å². The van der Waals surface area contributed by atoms with E-state index in [2.05, 4.69) is 67.1 Å². The second-order valence-electron chi connectivity index (χ2n) is 4.63. The summed E-state index contributed by atoms with van der Waals surface area (Å²) >= 11 is 0. The van der Waals surface area contributed by atoms with Crippen LogP contribution < -0.4 is 0 Å². The summed E-state index contributed by atoms with van der Waals surface area (Å²) in [4.78, 5) is 0. The third-order valence-electron chi connectivity index (χ3n) is 2.68. The third kappa shape index (κ3) is 13.6. The highest BCUT2D eigenvalue weighted by Gasteiger charge is 2.00. The Kier molecular flexibility index (Phi) is 20.5. The molecule has 0 unspecified atom stereocenters. The van der Waals surface area contributed by atoms with E-state index in [0.717, 1.165) is 13.0 Å². The maximum atomic E-state index is 4.54. The van der Waals surface area contributed by atoms with Crippen LogP contribution in [0.25, 0.3) is 5.57 Å². The van der Waals surface area contributed by atoms with Crippen molar-refractivity contribution in [3.63, 3.8) is 0 Å². The lowest BCUT2D eigenvalue weighted by atomic mass is 10.0. The average molecular weight is 305 g/mol. The summed E-state index contributed by atoms with van der Waals surface area (Å²) in [5, 5.41) is 0. The fourth-order valence-electron chi connectivity index (χ4n) is 1.68. The van der Waals surface area contributed by atoms with Crippen LogP contribution in [-0.2, 0) is 4.74 Å². The molecule has 0 spiro atoms. The Morgan fingerprint density at radius 2 is 1.50 bits per heavy atom. The van der Waals surface area contributed by atoms with Gasteiger partial charge in [-0.1, -0.05) is 82.7 Å². The molecule has 0 heterocycles. The lowest BCUT2D eigenvalue weighted by Gasteiger charge is -2.04. The van der Waals surface area contributed by atoms with Gasteiger partial charge in [0, 0.05) is 13.7 Å². The third-order valence-corrected chi connectivity index (χ3v) is 2.68. The molecule has 1 heteroatoms. The van der Waals surface area contributed by atoms with Crippen molar-refractivity contribution in [1.29, 1.82) is 0 Å². The Hall–Kier alpha value is -1.34. The van der Waals surface area contributed by atoms with Gasteiger partial charge in [0.25, 0.3) is 0 Å². The molecule has 1 aromatic carbocycles. The van der Waals surface area contributed by atoms with E-state index < -0.39 is 0 Å². The van der Waals surface area contributed by atoms with E-state index in [-0.39, 0.29) is 0 Å². The van der Waals surface area contributed by atoms with Crippen LogP contribution in [0.15, 0.2) is 48.6 Å². The van der Waals surface area contributed by atoms with Crippen molar-refractivity contribution in [3.8, 4) is 0 Å². The number of methoxy groups -OCH3 is 1. The lowest BCUT2D eigenvalue weighted by Crippen LogP contribution is -1.82. The first-order valence-electron chi connectivity index (χ1n) is 8.68. The molecule has 22 heavy (non-hydrogen) atoms. The first-order chi connectivity index (χ1) is 10.8. The van der Waals surface area contributed by atoms with Gasteiger partial charge in [0.15, 0.2) is 0 Å². The van der Waals surface area contributed by atoms with E-state index in [0.29, 0.717) is 0 Å². The van der Waals surface area contributed by atoms with Crippen LogP contribution in [0.4, 0.5) is 0 Å². The molecular weight excluding hydrogens is 268 g/mol. The highest BCUT2D eigenvalue weighted by molar-refractivity contribution is 5.66. The average Bonchev–Trinajstić information content (AvgIpc) is 2.88. The molecule has 1 aromatic rings. The van der Waals surface area contributed by atoms with Gasteiger partial charge < -0.3 is 4.74 Å². The van der Waals surface area contributed by atoms with Crippen molar-refractivity contribution in [2.45, 2.75) is 60.3 Å². The number of allylic oxidation sites excluding steroid dienone is 4. The zero-order valence-electron chi connectivity index (χ0n) is 15.6. The summed E-state index contributed by atoms with van der Waals surface area (Å²) in [7, 11) is 1.68. The summed E-state index contributed by atoms with van der Waals surface area (Å²) in [6.45, 7) is 11.0. The molecule has 2 rings (SSSR count). The highest BCUT2D eigenvalue weighted by atomic mass is 16.5. The van der Waals surface area contributed by atoms with Crippen molar-refractivity contribution in [1.82, 2.24) is 0 Å². The molecule has 1 aliphatic carbocycles. The molecule has 126 valence electrons. The monoisotopic (exact) mass is 304 g/mol. The van der Waals surface area contributed by atoms with Gasteiger partial charge in [-0.05, 0) is 37.3 Å². The predicted octanol–water partition coefficient (Wildman–Crippen LogP) is 6.91. The Morgan fingerprint density at radius 1 is 0.955 bits per heavy atom. The Balaban J connectivity index is 0. The van der Waals surface area contributed by atoms with Gasteiger partial charge in [-0.3, -0.25) is 0 Å². The lowest BCUT2D eigenvalue weighted by molar-refractivity contribution is 0.215. The zero-order chi connectivity index (χ0) is 17.1. The minimum absolute atomic E-state index is 0.819. The first kappa shape index (κ1) is 22.9. The molecule has 0 fully saturated rings. The maximum Gasteiger partial charge on any atom is 0.0433 e. The summed E-state index contributed by atoms with van der Waals surface area (Å²) in [5.41, 5.74) is 2.87. The van der Waals surface area contributed by atoms with Crippen LogP contribution in [0.2, 0.25) is 0 Å². The summed E-state index contributed by atoms with van der Waals surface area (Å²) in [6, 6.07) is 10.7. The van der Waals surface area contributed by atoms with Crippen LogP contribution in [0, 0.1) is 0 Å². The van der Waals surface area contributed by atoms with Crippen molar-refractivity contribution in [2.24, 2.45) is 0 Å². The Labute approximate surface area is 139 Å². The topological polar surface area (TPSA) is 9.23 Å².